The quantitative estimate of drug-likeness (QED) is 0.562. The Bertz CT molecular complexity index is 277. The summed E-state index contributed by atoms with van der Waals surface area (Å²) in [5, 5.41) is 18.2. The summed E-state index contributed by atoms with van der Waals surface area (Å²) < 4.78 is 5.03. The topological polar surface area (TPSA) is 83.8 Å². The molecule has 2 atom stereocenters. The number of aliphatic hydroxyl groups excluding tert-OH is 1. The molecule has 5 heteroatoms. The molecule has 0 saturated heterocycles. The maximum absolute atomic E-state index is 11.7. The van der Waals surface area contributed by atoms with Crippen molar-refractivity contribution in [1.29, 1.82) is 0 Å². The van der Waals surface area contributed by atoms with E-state index in [2.05, 4.69) is 0 Å². The number of aliphatic carboxylic acids is 1. The predicted octanol–water partition coefficient (Wildman–Crippen LogP) is 1.19. The van der Waals surface area contributed by atoms with Crippen molar-refractivity contribution in [2.75, 3.05) is 0 Å². The summed E-state index contributed by atoms with van der Waals surface area (Å²) in [6.07, 6.45) is -1.05. The summed E-state index contributed by atoms with van der Waals surface area (Å²) in [5.41, 5.74) is -2.45. The van der Waals surface area contributed by atoms with E-state index in [9.17, 15) is 14.7 Å². The Balaban J connectivity index is 4.92. The molecule has 0 aromatic carbocycles. The molecule has 0 fully saturated rings. The molecule has 0 heterocycles. The molecule has 0 radical (unpaired) electrons. The zero-order valence-electron chi connectivity index (χ0n) is 10.4. The molecule has 2 N–H and O–H groups in total. The molecule has 5 nitrogen and oxygen atoms in total. The third kappa shape index (κ3) is 4.18. The minimum atomic E-state index is -1.71. The largest absolute Gasteiger partial charge is 0.480 e. The van der Waals surface area contributed by atoms with Crippen molar-refractivity contribution < 1.29 is 24.5 Å². The van der Waals surface area contributed by atoms with Crippen LogP contribution in [0, 0.1) is 5.41 Å². The molecule has 0 amide bonds. The van der Waals surface area contributed by atoms with Crippen LogP contribution in [-0.2, 0) is 14.3 Å². The van der Waals surface area contributed by atoms with E-state index < -0.39 is 29.1 Å². The monoisotopic (exact) mass is 232 g/mol. The molecule has 94 valence electrons. The lowest BCUT2D eigenvalue weighted by molar-refractivity contribution is -0.177. The second kappa shape index (κ2) is 4.82. The van der Waals surface area contributed by atoms with Crippen molar-refractivity contribution >= 4 is 11.9 Å². The highest BCUT2D eigenvalue weighted by Gasteiger charge is 2.45. The van der Waals surface area contributed by atoms with E-state index in [1.54, 1.807) is 20.8 Å². The van der Waals surface area contributed by atoms with E-state index >= 15 is 0 Å². The van der Waals surface area contributed by atoms with Gasteiger partial charge in [0.25, 0.3) is 0 Å². The van der Waals surface area contributed by atoms with Gasteiger partial charge in [-0.05, 0) is 41.0 Å². The summed E-state index contributed by atoms with van der Waals surface area (Å²) >= 11 is 0. The van der Waals surface area contributed by atoms with Gasteiger partial charge in [0.1, 0.15) is 5.60 Å². The first-order valence-electron chi connectivity index (χ1n) is 5.14. The van der Waals surface area contributed by atoms with Crippen LogP contribution >= 0.6 is 0 Å². The van der Waals surface area contributed by atoms with Gasteiger partial charge in [0.2, 0.25) is 0 Å². The van der Waals surface area contributed by atoms with Crippen LogP contribution in [0.2, 0.25) is 0 Å². The van der Waals surface area contributed by atoms with Gasteiger partial charge in [0.05, 0.1) is 6.10 Å². The van der Waals surface area contributed by atoms with E-state index in [0.717, 1.165) is 0 Å². The highest BCUT2D eigenvalue weighted by molar-refractivity contribution is 5.98. The fourth-order valence-corrected chi connectivity index (χ4v) is 1.24. The average Bonchev–Trinajstić information content (AvgIpc) is 1.98. The lowest BCUT2D eigenvalue weighted by atomic mass is 9.84. The fourth-order valence-electron chi connectivity index (χ4n) is 1.24. The standard InChI is InChI=1S/C11H20O5/c1-7(12)6-11(5,8(13)14)9(15)16-10(2,3)4/h7,12H,6H2,1-5H3,(H,13,14). The maximum Gasteiger partial charge on any atom is 0.323 e. The number of esters is 1. The van der Waals surface area contributed by atoms with Crippen LogP contribution in [-0.4, -0.2) is 33.9 Å². The van der Waals surface area contributed by atoms with Gasteiger partial charge < -0.3 is 14.9 Å². The van der Waals surface area contributed by atoms with Crippen molar-refractivity contribution in [2.45, 2.75) is 52.7 Å². The summed E-state index contributed by atoms with van der Waals surface area (Å²) in [4.78, 5) is 22.8. The molecule has 2 unspecified atom stereocenters. The van der Waals surface area contributed by atoms with Gasteiger partial charge >= 0.3 is 11.9 Å². The van der Waals surface area contributed by atoms with Gasteiger partial charge in [0, 0.05) is 0 Å². The minimum Gasteiger partial charge on any atom is -0.480 e. The number of carboxylic acids is 1. The number of rotatable bonds is 4. The number of carbonyl (C=O) groups excluding carboxylic acids is 1. The molecule has 0 saturated carbocycles. The second-order valence-corrected chi connectivity index (χ2v) is 5.19. The maximum atomic E-state index is 11.7. The Morgan fingerprint density at radius 3 is 1.94 bits per heavy atom. The van der Waals surface area contributed by atoms with Crippen LogP contribution in [0.15, 0.2) is 0 Å². The first-order chi connectivity index (χ1) is 6.99. The van der Waals surface area contributed by atoms with Crippen LogP contribution in [0.4, 0.5) is 0 Å². The number of carboxylic acid groups (broad SMARTS) is 1. The van der Waals surface area contributed by atoms with Crippen molar-refractivity contribution in [2.24, 2.45) is 5.41 Å². The molecule has 0 aromatic heterocycles. The highest BCUT2D eigenvalue weighted by Crippen LogP contribution is 2.28. The van der Waals surface area contributed by atoms with Crippen LogP contribution < -0.4 is 0 Å². The summed E-state index contributed by atoms with van der Waals surface area (Å²) in [7, 11) is 0. The molecule has 0 rings (SSSR count). The number of aliphatic hydroxyl groups is 1. The zero-order chi connectivity index (χ0) is 13.1. The molecule has 0 aliphatic rings. The normalized spacial score (nSPS) is 17.4. The number of hydrogen-bond acceptors (Lipinski definition) is 4. The number of carbonyl (C=O) groups is 2. The van der Waals surface area contributed by atoms with Gasteiger partial charge in [-0.1, -0.05) is 0 Å². The third-order valence-electron chi connectivity index (χ3n) is 2.03. The fraction of sp³-hybridized carbons (Fsp3) is 0.818. The van der Waals surface area contributed by atoms with Crippen molar-refractivity contribution in [1.82, 2.24) is 0 Å². The second-order valence-electron chi connectivity index (χ2n) is 5.19. The van der Waals surface area contributed by atoms with Crippen molar-refractivity contribution in [3.63, 3.8) is 0 Å². The number of hydrogen-bond donors (Lipinski definition) is 2. The molecule has 0 spiro atoms. The highest BCUT2D eigenvalue weighted by atomic mass is 16.6. The molecule has 0 aromatic rings. The van der Waals surface area contributed by atoms with Gasteiger partial charge in [-0.3, -0.25) is 9.59 Å². The van der Waals surface area contributed by atoms with Gasteiger partial charge in [-0.25, -0.2) is 0 Å². The summed E-state index contributed by atoms with van der Waals surface area (Å²) in [6.45, 7) is 7.68. The van der Waals surface area contributed by atoms with Crippen LogP contribution in [0.3, 0.4) is 0 Å². The lowest BCUT2D eigenvalue weighted by Crippen LogP contribution is -2.43. The molecule has 0 aliphatic carbocycles. The van der Waals surface area contributed by atoms with Crippen molar-refractivity contribution in [3.8, 4) is 0 Å². The SMILES string of the molecule is CC(O)CC(C)(C(=O)O)C(=O)OC(C)(C)C. The predicted molar refractivity (Wildman–Crippen MR) is 57.9 cm³/mol. The van der Waals surface area contributed by atoms with Gasteiger partial charge in [0.15, 0.2) is 5.41 Å². The van der Waals surface area contributed by atoms with E-state index in [-0.39, 0.29) is 6.42 Å². The average molecular weight is 232 g/mol. The first kappa shape index (κ1) is 14.9. The Labute approximate surface area is 95.4 Å². The smallest absolute Gasteiger partial charge is 0.323 e. The minimum absolute atomic E-state index is 0.169. The molecular weight excluding hydrogens is 212 g/mol. The zero-order valence-corrected chi connectivity index (χ0v) is 10.4. The Morgan fingerprint density at radius 2 is 1.69 bits per heavy atom. The van der Waals surface area contributed by atoms with Gasteiger partial charge in [-0.15, -0.1) is 0 Å². The van der Waals surface area contributed by atoms with Gasteiger partial charge in [-0.2, -0.15) is 0 Å². The summed E-state index contributed by atoms with van der Waals surface area (Å²) in [6, 6.07) is 0. The van der Waals surface area contributed by atoms with E-state index in [4.69, 9.17) is 9.84 Å². The number of ether oxygens (including phenoxy) is 1. The van der Waals surface area contributed by atoms with E-state index in [0.29, 0.717) is 0 Å². The van der Waals surface area contributed by atoms with E-state index in [1.807, 2.05) is 0 Å². The Hall–Kier alpha value is -1.10. The van der Waals surface area contributed by atoms with Crippen LogP contribution in [0.1, 0.15) is 41.0 Å². The molecule has 0 aliphatic heterocycles. The molecule has 0 bridgehead atoms. The Kier molecular flexibility index (Phi) is 4.49. The van der Waals surface area contributed by atoms with E-state index in [1.165, 1.54) is 13.8 Å². The lowest BCUT2D eigenvalue weighted by Gasteiger charge is -2.28. The molecular formula is C11H20O5. The first-order valence-corrected chi connectivity index (χ1v) is 5.14. The molecule has 16 heavy (non-hydrogen) atoms. The summed E-state index contributed by atoms with van der Waals surface area (Å²) in [5.74, 6) is -2.11. The van der Waals surface area contributed by atoms with Crippen molar-refractivity contribution in [3.05, 3.63) is 0 Å². The van der Waals surface area contributed by atoms with Crippen LogP contribution in [0.5, 0.6) is 0 Å². The Morgan fingerprint density at radius 1 is 1.25 bits per heavy atom. The van der Waals surface area contributed by atoms with Crippen LogP contribution in [0.25, 0.3) is 0 Å². The third-order valence-corrected chi connectivity index (χ3v) is 2.03.